The third-order valence-corrected chi connectivity index (χ3v) is 2.23. The molecule has 1 aromatic heterocycles. The Balaban J connectivity index is 2.91. The maximum atomic E-state index is 8.87. The van der Waals surface area contributed by atoms with Crippen molar-refractivity contribution in [3.63, 3.8) is 0 Å². The van der Waals surface area contributed by atoms with E-state index in [-0.39, 0.29) is 24.0 Å². The van der Waals surface area contributed by atoms with Crippen LogP contribution in [0.2, 0.25) is 0 Å². The van der Waals surface area contributed by atoms with Crippen LogP contribution in [0.5, 0.6) is 0 Å². The zero-order valence-electron chi connectivity index (χ0n) is 10.1. The zero-order chi connectivity index (χ0) is 12.3. The normalized spacial score (nSPS) is 16.1. The fourth-order valence-electron chi connectivity index (χ4n) is 1.43. The minimum Gasteiger partial charge on any atom is -0.394 e. The number of rotatable bonds is 4. The number of hydrogen-bond donors (Lipinski definition) is 2. The highest BCUT2D eigenvalue weighted by molar-refractivity contribution is 4.98. The molecule has 1 rings (SSSR count). The van der Waals surface area contributed by atoms with E-state index in [0.717, 1.165) is 0 Å². The average Bonchev–Trinajstić information content (AvgIpc) is 2.64. The standard InChI is InChI=1S/C10H19N3O3/c1-10(2,3)7(15-4)8-12-9(16-13-8)6(11)5-14/h6-7,14H,5,11H2,1-4H3. The first-order valence-corrected chi connectivity index (χ1v) is 5.13. The fraction of sp³-hybridized carbons (Fsp3) is 0.800. The van der Waals surface area contributed by atoms with Gasteiger partial charge in [-0.2, -0.15) is 4.98 Å². The molecule has 1 aromatic rings. The lowest BCUT2D eigenvalue weighted by molar-refractivity contribution is 0.00718. The number of methoxy groups -OCH3 is 1. The number of aliphatic hydroxyl groups is 1. The highest BCUT2D eigenvalue weighted by Crippen LogP contribution is 2.33. The number of hydrogen-bond acceptors (Lipinski definition) is 6. The van der Waals surface area contributed by atoms with Crippen molar-refractivity contribution in [1.82, 2.24) is 10.1 Å². The van der Waals surface area contributed by atoms with Crippen LogP contribution in [-0.4, -0.2) is 29.0 Å². The van der Waals surface area contributed by atoms with E-state index in [1.807, 2.05) is 20.8 Å². The van der Waals surface area contributed by atoms with Crippen molar-refractivity contribution in [3.05, 3.63) is 11.7 Å². The Labute approximate surface area is 94.8 Å². The third-order valence-electron chi connectivity index (χ3n) is 2.23. The van der Waals surface area contributed by atoms with Crippen molar-refractivity contribution >= 4 is 0 Å². The van der Waals surface area contributed by atoms with E-state index in [9.17, 15) is 0 Å². The van der Waals surface area contributed by atoms with Crippen LogP contribution in [0, 0.1) is 5.41 Å². The third kappa shape index (κ3) is 2.78. The van der Waals surface area contributed by atoms with Crippen molar-refractivity contribution < 1.29 is 14.4 Å². The van der Waals surface area contributed by atoms with Crippen molar-refractivity contribution in [2.24, 2.45) is 11.1 Å². The summed E-state index contributed by atoms with van der Waals surface area (Å²) >= 11 is 0. The molecule has 0 amide bonds. The van der Waals surface area contributed by atoms with E-state index in [4.69, 9.17) is 20.1 Å². The van der Waals surface area contributed by atoms with Crippen LogP contribution in [0.1, 0.15) is 44.6 Å². The van der Waals surface area contributed by atoms with Crippen LogP contribution in [0.25, 0.3) is 0 Å². The molecular formula is C10H19N3O3. The average molecular weight is 229 g/mol. The van der Waals surface area contributed by atoms with Crippen LogP contribution < -0.4 is 5.73 Å². The molecule has 92 valence electrons. The molecule has 0 spiro atoms. The van der Waals surface area contributed by atoms with Gasteiger partial charge in [-0.1, -0.05) is 25.9 Å². The minimum atomic E-state index is -0.640. The second-order valence-corrected chi connectivity index (χ2v) is 4.76. The Hall–Kier alpha value is -0.980. The van der Waals surface area contributed by atoms with Gasteiger partial charge in [-0.3, -0.25) is 0 Å². The van der Waals surface area contributed by atoms with E-state index in [0.29, 0.717) is 5.82 Å². The predicted octanol–water partition coefficient (Wildman–Crippen LogP) is 0.795. The Bertz CT molecular complexity index is 332. The molecule has 0 aliphatic heterocycles. The van der Waals surface area contributed by atoms with Crippen LogP contribution in [0.3, 0.4) is 0 Å². The summed E-state index contributed by atoms with van der Waals surface area (Å²) in [5.41, 5.74) is 5.43. The quantitative estimate of drug-likeness (QED) is 0.792. The monoisotopic (exact) mass is 229 g/mol. The summed E-state index contributed by atoms with van der Waals surface area (Å²) in [5, 5.41) is 12.7. The van der Waals surface area contributed by atoms with Crippen molar-refractivity contribution in [1.29, 1.82) is 0 Å². The van der Waals surface area contributed by atoms with Gasteiger partial charge in [0, 0.05) is 7.11 Å². The molecule has 0 aromatic carbocycles. The molecule has 6 heteroatoms. The molecular weight excluding hydrogens is 210 g/mol. The molecule has 2 unspecified atom stereocenters. The molecule has 0 saturated heterocycles. The lowest BCUT2D eigenvalue weighted by Crippen LogP contribution is -2.21. The SMILES string of the molecule is COC(c1noc(C(N)CO)n1)C(C)(C)C. The van der Waals surface area contributed by atoms with Crippen LogP contribution in [-0.2, 0) is 4.74 Å². The zero-order valence-corrected chi connectivity index (χ0v) is 10.1. The summed E-state index contributed by atoms with van der Waals surface area (Å²) < 4.78 is 10.3. The minimum absolute atomic E-state index is 0.140. The Morgan fingerprint density at radius 3 is 2.56 bits per heavy atom. The fourth-order valence-corrected chi connectivity index (χ4v) is 1.43. The molecule has 0 aliphatic carbocycles. The van der Waals surface area contributed by atoms with E-state index >= 15 is 0 Å². The van der Waals surface area contributed by atoms with E-state index in [1.54, 1.807) is 7.11 Å². The smallest absolute Gasteiger partial charge is 0.246 e. The molecule has 0 bridgehead atoms. The van der Waals surface area contributed by atoms with Crippen LogP contribution >= 0.6 is 0 Å². The molecule has 0 fully saturated rings. The lowest BCUT2D eigenvalue weighted by Gasteiger charge is -2.26. The summed E-state index contributed by atoms with van der Waals surface area (Å²) in [6, 6.07) is -0.640. The van der Waals surface area contributed by atoms with Crippen molar-refractivity contribution in [3.8, 4) is 0 Å². The maximum absolute atomic E-state index is 8.87. The van der Waals surface area contributed by atoms with Crippen molar-refractivity contribution in [2.45, 2.75) is 32.9 Å². The van der Waals surface area contributed by atoms with Gasteiger partial charge in [0.2, 0.25) is 11.7 Å². The number of aliphatic hydroxyl groups excluding tert-OH is 1. The van der Waals surface area contributed by atoms with Gasteiger partial charge in [0.15, 0.2) is 0 Å². The van der Waals surface area contributed by atoms with Crippen LogP contribution in [0.4, 0.5) is 0 Å². The van der Waals surface area contributed by atoms with Gasteiger partial charge >= 0.3 is 0 Å². The van der Waals surface area contributed by atoms with Gasteiger partial charge in [0.05, 0.1) is 6.61 Å². The van der Waals surface area contributed by atoms with E-state index in [1.165, 1.54) is 0 Å². The summed E-state index contributed by atoms with van der Waals surface area (Å²) in [6.45, 7) is 5.82. The first-order valence-electron chi connectivity index (χ1n) is 5.13. The number of nitrogens with two attached hydrogens (primary N) is 1. The second kappa shape index (κ2) is 4.90. The Kier molecular flexibility index (Phi) is 4.01. The summed E-state index contributed by atoms with van der Waals surface area (Å²) in [4.78, 5) is 4.13. The first kappa shape index (κ1) is 13.1. The molecule has 0 aliphatic rings. The van der Waals surface area contributed by atoms with Crippen LogP contribution in [0.15, 0.2) is 4.52 Å². The maximum Gasteiger partial charge on any atom is 0.246 e. The predicted molar refractivity (Wildman–Crippen MR) is 57.5 cm³/mol. The number of aromatic nitrogens is 2. The van der Waals surface area contributed by atoms with E-state index in [2.05, 4.69) is 10.1 Å². The number of ether oxygens (including phenoxy) is 1. The topological polar surface area (TPSA) is 94.4 Å². The summed E-state index contributed by atoms with van der Waals surface area (Å²) in [5.74, 6) is 0.678. The van der Waals surface area contributed by atoms with Gasteiger partial charge < -0.3 is 20.1 Å². The largest absolute Gasteiger partial charge is 0.394 e. The molecule has 2 atom stereocenters. The lowest BCUT2D eigenvalue weighted by atomic mass is 9.88. The molecule has 16 heavy (non-hydrogen) atoms. The molecule has 6 nitrogen and oxygen atoms in total. The first-order chi connectivity index (χ1) is 7.40. The summed E-state index contributed by atoms with van der Waals surface area (Å²) in [7, 11) is 1.60. The van der Waals surface area contributed by atoms with Gasteiger partial charge in [0.25, 0.3) is 0 Å². The number of nitrogens with zero attached hydrogens (tertiary/aromatic N) is 2. The van der Waals surface area contributed by atoms with Gasteiger partial charge in [0.1, 0.15) is 12.1 Å². The molecule has 1 heterocycles. The van der Waals surface area contributed by atoms with E-state index < -0.39 is 6.04 Å². The Morgan fingerprint density at radius 1 is 1.50 bits per heavy atom. The highest BCUT2D eigenvalue weighted by Gasteiger charge is 2.31. The van der Waals surface area contributed by atoms with Crippen molar-refractivity contribution in [2.75, 3.05) is 13.7 Å². The summed E-state index contributed by atoms with van der Waals surface area (Å²) in [6.07, 6.45) is -0.268. The van der Waals surface area contributed by atoms with Gasteiger partial charge in [-0.05, 0) is 5.41 Å². The molecule has 0 radical (unpaired) electrons. The molecule has 0 saturated carbocycles. The van der Waals surface area contributed by atoms with Gasteiger partial charge in [-0.15, -0.1) is 0 Å². The van der Waals surface area contributed by atoms with Gasteiger partial charge in [-0.25, -0.2) is 0 Å². The molecule has 3 N–H and O–H groups in total. The second-order valence-electron chi connectivity index (χ2n) is 4.76. The Morgan fingerprint density at radius 2 is 2.12 bits per heavy atom. The highest BCUT2D eigenvalue weighted by atomic mass is 16.5.